The Hall–Kier alpha value is -1.09. The molecule has 0 amide bonds. The normalized spacial score (nSPS) is 16.4. The van der Waals surface area contributed by atoms with Crippen LogP contribution >= 0.6 is 15.9 Å². The van der Waals surface area contributed by atoms with E-state index < -0.39 is 0 Å². The maximum atomic E-state index is 11.5. The van der Waals surface area contributed by atoms with Crippen molar-refractivity contribution < 1.29 is 4.79 Å². The highest BCUT2D eigenvalue weighted by molar-refractivity contribution is 9.10. The summed E-state index contributed by atoms with van der Waals surface area (Å²) < 4.78 is 3.34. The van der Waals surface area contributed by atoms with Crippen LogP contribution in [0.5, 0.6) is 0 Å². The van der Waals surface area contributed by atoms with Gasteiger partial charge in [0.2, 0.25) is 0 Å². The van der Waals surface area contributed by atoms with Gasteiger partial charge in [-0.3, -0.25) is 4.79 Å². The summed E-state index contributed by atoms with van der Waals surface area (Å²) in [5, 5.41) is 1.30. The van der Waals surface area contributed by atoms with Gasteiger partial charge in [0.15, 0.2) is 5.78 Å². The summed E-state index contributed by atoms with van der Waals surface area (Å²) in [6.07, 6.45) is 5.23. The Kier molecular flexibility index (Phi) is 3.25. The van der Waals surface area contributed by atoms with Gasteiger partial charge in [-0.15, -0.1) is 0 Å². The number of nitrogens with zero attached hydrogens (tertiary/aromatic N) is 1. The average Bonchev–Trinajstić information content (AvgIpc) is 2.98. The van der Waals surface area contributed by atoms with E-state index in [2.05, 4.69) is 33.6 Å². The molecule has 0 atom stereocenters. The molecule has 19 heavy (non-hydrogen) atoms. The van der Waals surface area contributed by atoms with Crippen molar-refractivity contribution in [1.29, 1.82) is 0 Å². The van der Waals surface area contributed by atoms with E-state index in [1.807, 2.05) is 12.1 Å². The van der Waals surface area contributed by atoms with Crippen LogP contribution in [0.3, 0.4) is 0 Å². The third kappa shape index (κ3) is 2.04. The molecule has 1 aliphatic rings. The van der Waals surface area contributed by atoms with Gasteiger partial charge >= 0.3 is 0 Å². The Bertz CT molecular complexity index is 650. The van der Waals surface area contributed by atoms with Crippen LogP contribution in [-0.2, 0) is 7.05 Å². The third-order valence-electron chi connectivity index (χ3n) is 4.34. The largest absolute Gasteiger partial charge is 0.338 e. The second-order valence-corrected chi connectivity index (χ2v) is 6.28. The molecule has 3 rings (SSSR count). The molecule has 3 heteroatoms. The third-order valence-corrected chi connectivity index (χ3v) is 5.30. The van der Waals surface area contributed by atoms with E-state index >= 15 is 0 Å². The number of aryl methyl sites for hydroxylation is 1. The summed E-state index contributed by atoms with van der Waals surface area (Å²) in [5.74, 6) is 0.794. The Morgan fingerprint density at radius 3 is 2.63 bits per heavy atom. The van der Waals surface area contributed by atoms with Gasteiger partial charge in [-0.25, -0.2) is 0 Å². The van der Waals surface area contributed by atoms with E-state index in [4.69, 9.17) is 0 Å². The van der Waals surface area contributed by atoms with Crippen molar-refractivity contribution in [1.82, 2.24) is 4.57 Å². The lowest BCUT2D eigenvalue weighted by molar-refractivity contribution is 0.101. The molecule has 2 nitrogen and oxygen atoms in total. The van der Waals surface area contributed by atoms with Crippen LogP contribution in [0.2, 0.25) is 0 Å². The van der Waals surface area contributed by atoms with Crippen LogP contribution in [0, 0.1) is 0 Å². The smallest absolute Gasteiger partial charge is 0.159 e. The number of ketones is 1. The minimum absolute atomic E-state index is 0.127. The first-order valence-electron chi connectivity index (χ1n) is 6.88. The summed E-state index contributed by atoms with van der Waals surface area (Å²) in [6, 6.07) is 6.08. The molecular weight excluding hydrogens is 302 g/mol. The van der Waals surface area contributed by atoms with E-state index in [9.17, 15) is 4.79 Å². The van der Waals surface area contributed by atoms with Gasteiger partial charge in [-0.05, 0) is 53.2 Å². The fourth-order valence-corrected chi connectivity index (χ4v) is 3.98. The van der Waals surface area contributed by atoms with Crippen LogP contribution in [0.15, 0.2) is 22.8 Å². The first-order valence-corrected chi connectivity index (χ1v) is 7.67. The number of benzene rings is 1. The quantitative estimate of drug-likeness (QED) is 0.729. The van der Waals surface area contributed by atoms with Crippen molar-refractivity contribution in [3.05, 3.63) is 33.9 Å². The number of hydrogen-bond donors (Lipinski definition) is 0. The van der Waals surface area contributed by atoms with Crippen LogP contribution < -0.4 is 0 Å². The molecule has 0 N–H and O–H groups in total. The maximum absolute atomic E-state index is 11.5. The van der Waals surface area contributed by atoms with Gasteiger partial charge in [0, 0.05) is 23.5 Å². The molecule has 1 heterocycles. The molecule has 0 aliphatic heterocycles. The molecule has 0 radical (unpaired) electrons. The summed E-state index contributed by atoms with van der Waals surface area (Å²) in [7, 11) is 2.06. The van der Waals surface area contributed by atoms with Gasteiger partial charge in [0.25, 0.3) is 0 Å². The average molecular weight is 320 g/mol. The predicted molar refractivity (Wildman–Crippen MR) is 81.8 cm³/mol. The minimum Gasteiger partial charge on any atom is -0.338 e. The van der Waals surface area contributed by atoms with E-state index in [0.29, 0.717) is 5.92 Å². The Morgan fingerprint density at radius 1 is 1.32 bits per heavy atom. The van der Waals surface area contributed by atoms with E-state index in [0.717, 1.165) is 11.1 Å². The number of hydrogen-bond acceptors (Lipinski definition) is 1. The van der Waals surface area contributed by atoms with E-state index in [1.54, 1.807) is 6.92 Å². The second kappa shape index (κ2) is 4.78. The Morgan fingerprint density at radius 2 is 2.00 bits per heavy atom. The highest BCUT2D eigenvalue weighted by Crippen LogP contribution is 2.42. The second-order valence-electron chi connectivity index (χ2n) is 5.53. The van der Waals surface area contributed by atoms with Gasteiger partial charge in [-0.1, -0.05) is 25.0 Å². The molecule has 1 aliphatic carbocycles. The zero-order chi connectivity index (χ0) is 13.6. The molecule has 0 spiro atoms. The summed E-state index contributed by atoms with van der Waals surface area (Å²) in [4.78, 5) is 11.5. The van der Waals surface area contributed by atoms with Crippen molar-refractivity contribution in [2.45, 2.75) is 38.5 Å². The number of Topliss-reactive ketones (excluding diaryl/α,β-unsaturated/α-hetero) is 1. The molecule has 0 unspecified atom stereocenters. The number of carbonyl (C=O) groups excluding carboxylic acids is 1. The first kappa shape index (κ1) is 12.9. The summed E-state index contributed by atoms with van der Waals surface area (Å²) >= 11 is 3.74. The monoisotopic (exact) mass is 319 g/mol. The van der Waals surface area contributed by atoms with Crippen molar-refractivity contribution >= 4 is 32.6 Å². The summed E-state index contributed by atoms with van der Waals surface area (Å²) in [5.41, 5.74) is 3.38. The molecule has 1 fully saturated rings. The highest BCUT2D eigenvalue weighted by Gasteiger charge is 2.24. The lowest BCUT2D eigenvalue weighted by Crippen LogP contribution is -1.93. The molecule has 1 saturated carbocycles. The molecule has 1 aromatic heterocycles. The van der Waals surface area contributed by atoms with Gasteiger partial charge in [-0.2, -0.15) is 0 Å². The SMILES string of the molecule is CC(=O)c1ccc2c(C3CCCC3)c(Br)n(C)c2c1. The lowest BCUT2D eigenvalue weighted by Gasteiger charge is -2.09. The number of carbonyl (C=O) groups is 1. The standard InChI is InChI=1S/C16H18BrNO/c1-10(19)12-7-8-13-14(9-12)18(2)16(17)15(13)11-5-3-4-6-11/h7-9,11H,3-6H2,1-2H3. The minimum atomic E-state index is 0.127. The number of aromatic nitrogens is 1. The predicted octanol–water partition coefficient (Wildman–Crippen LogP) is 4.80. The van der Waals surface area contributed by atoms with Crippen molar-refractivity contribution in [2.75, 3.05) is 0 Å². The highest BCUT2D eigenvalue weighted by atomic mass is 79.9. The van der Waals surface area contributed by atoms with Crippen LogP contribution in [0.25, 0.3) is 10.9 Å². The zero-order valence-electron chi connectivity index (χ0n) is 11.4. The van der Waals surface area contributed by atoms with Gasteiger partial charge in [0.05, 0.1) is 4.60 Å². The van der Waals surface area contributed by atoms with E-state index in [1.165, 1.54) is 41.2 Å². The topological polar surface area (TPSA) is 22.0 Å². The Labute approximate surface area is 121 Å². The molecule has 2 aromatic rings. The van der Waals surface area contributed by atoms with Crippen LogP contribution in [-0.4, -0.2) is 10.4 Å². The van der Waals surface area contributed by atoms with E-state index in [-0.39, 0.29) is 5.78 Å². The number of rotatable bonds is 2. The van der Waals surface area contributed by atoms with Gasteiger partial charge < -0.3 is 4.57 Å². The number of fused-ring (bicyclic) bond motifs is 1. The van der Waals surface area contributed by atoms with Crippen LogP contribution in [0.1, 0.15) is 54.4 Å². The maximum Gasteiger partial charge on any atom is 0.159 e. The van der Waals surface area contributed by atoms with Crippen molar-refractivity contribution in [3.8, 4) is 0 Å². The molecule has 0 saturated heterocycles. The fourth-order valence-electron chi connectivity index (χ4n) is 3.26. The molecule has 0 bridgehead atoms. The van der Waals surface area contributed by atoms with Gasteiger partial charge in [0.1, 0.15) is 0 Å². The zero-order valence-corrected chi connectivity index (χ0v) is 13.0. The Balaban J connectivity index is 2.22. The van der Waals surface area contributed by atoms with Crippen molar-refractivity contribution in [2.24, 2.45) is 7.05 Å². The lowest BCUT2D eigenvalue weighted by atomic mass is 9.96. The van der Waals surface area contributed by atoms with Crippen LogP contribution in [0.4, 0.5) is 0 Å². The number of halogens is 1. The fraction of sp³-hybridized carbons (Fsp3) is 0.438. The first-order chi connectivity index (χ1) is 9.09. The van der Waals surface area contributed by atoms with Crippen molar-refractivity contribution in [3.63, 3.8) is 0 Å². The summed E-state index contributed by atoms with van der Waals surface area (Å²) in [6.45, 7) is 1.62. The molecular formula is C16H18BrNO. The molecule has 100 valence electrons. The molecule has 1 aromatic carbocycles.